The van der Waals surface area contributed by atoms with Crippen molar-refractivity contribution in [3.05, 3.63) is 22.4 Å². The van der Waals surface area contributed by atoms with Crippen LogP contribution in [0.5, 0.6) is 0 Å². The summed E-state index contributed by atoms with van der Waals surface area (Å²) in [6, 6.07) is 3.87. The van der Waals surface area contributed by atoms with Crippen molar-refractivity contribution in [2.24, 2.45) is 5.92 Å². The van der Waals surface area contributed by atoms with Gasteiger partial charge in [-0.25, -0.2) is 0 Å². The molecule has 18 heavy (non-hydrogen) atoms. The van der Waals surface area contributed by atoms with Crippen LogP contribution in [-0.4, -0.2) is 25.0 Å². The lowest BCUT2D eigenvalue weighted by Gasteiger charge is -2.27. The first-order valence-corrected chi connectivity index (χ1v) is 7.01. The second kappa shape index (κ2) is 6.00. The van der Waals surface area contributed by atoms with Crippen LogP contribution in [0.2, 0.25) is 0 Å². The normalized spacial score (nSPS) is 23.4. The van der Waals surface area contributed by atoms with Crippen LogP contribution in [0.4, 0.5) is 0 Å². The zero-order valence-electron chi connectivity index (χ0n) is 10.3. The van der Waals surface area contributed by atoms with Crippen LogP contribution in [0, 0.1) is 5.92 Å². The van der Waals surface area contributed by atoms with Gasteiger partial charge in [0, 0.05) is 6.04 Å². The molecule has 0 saturated heterocycles. The lowest BCUT2D eigenvalue weighted by atomic mass is 9.86. The number of carbonyl (C=O) groups excluding carboxylic acids is 2. The molecule has 2 rings (SSSR count). The van der Waals surface area contributed by atoms with Crippen molar-refractivity contribution in [3.63, 3.8) is 0 Å². The van der Waals surface area contributed by atoms with Crippen molar-refractivity contribution in [2.45, 2.75) is 31.7 Å². The summed E-state index contributed by atoms with van der Waals surface area (Å²) in [5.74, 6) is -0.130. The molecular weight excluding hydrogens is 250 g/mol. The molecule has 0 atom stereocenters. The minimum atomic E-state index is -0.127. The molecule has 0 aliphatic heterocycles. The first-order chi connectivity index (χ1) is 8.70. The first-order valence-electron chi connectivity index (χ1n) is 6.13. The summed E-state index contributed by atoms with van der Waals surface area (Å²) in [5.41, 5.74) is 0. The Morgan fingerprint density at radius 2 is 2.06 bits per heavy atom. The molecular formula is C13H17NO3S. The quantitative estimate of drug-likeness (QED) is 0.854. The average Bonchev–Trinajstić information content (AvgIpc) is 2.92. The summed E-state index contributed by atoms with van der Waals surface area (Å²) in [6.45, 7) is 0. The summed E-state index contributed by atoms with van der Waals surface area (Å²) in [5, 5.41) is 4.91. The molecule has 5 heteroatoms. The van der Waals surface area contributed by atoms with Crippen LogP contribution < -0.4 is 5.32 Å². The van der Waals surface area contributed by atoms with Gasteiger partial charge in [0.1, 0.15) is 0 Å². The van der Waals surface area contributed by atoms with E-state index in [9.17, 15) is 9.59 Å². The van der Waals surface area contributed by atoms with Crippen molar-refractivity contribution < 1.29 is 14.3 Å². The number of methoxy groups -OCH3 is 1. The van der Waals surface area contributed by atoms with Crippen molar-refractivity contribution in [1.82, 2.24) is 5.32 Å². The van der Waals surface area contributed by atoms with E-state index < -0.39 is 0 Å². The fourth-order valence-corrected chi connectivity index (χ4v) is 2.93. The van der Waals surface area contributed by atoms with E-state index in [0.29, 0.717) is 0 Å². The molecule has 0 radical (unpaired) electrons. The third-order valence-electron chi connectivity index (χ3n) is 3.34. The van der Waals surface area contributed by atoms with Crippen LogP contribution in [0.15, 0.2) is 17.5 Å². The van der Waals surface area contributed by atoms with Gasteiger partial charge in [-0.2, -0.15) is 0 Å². The van der Waals surface area contributed by atoms with Gasteiger partial charge in [0.25, 0.3) is 5.91 Å². The number of esters is 1. The van der Waals surface area contributed by atoms with E-state index in [1.807, 2.05) is 17.5 Å². The van der Waals surface area contributed by atoms with Gasteiger partial charge < -0.3 is 10.1 Å². The largest absolute Gasteiger partial charge is 0.469 e. The van der Waals surface area contributed by atoms with Gasteiger partial charge in [0.15, 0.2) is 0 Å². The molecule has 1 fully saturated rings. The Kier molecular flexibility index (Phi) is 4.36. The Labute approximate surface area is 110 Å². The second-order valence-corrected chi connectivity index (χ2v) is 5.47. The van der Waals surface area contributed by atoms with Gasteiger partial charge >= 0.3 is 5.97 Å². The third kappa shape index (κ3) is 3.10. The summed E-state index contributed by atoms with van der Waals surface area (Å²) >= 11 is 1.44. The van der Waals surface area contributed by atoms with Gasteiger partial charge in [0.05, 0.1) is 17.9 Å². The van der Waals surface area contributed by atoms with E-state index in [1.165, 1.54) is 18.4 Å². The Hall–Kier alpha value is -1.36. The lowest BCUT2D eigenvalue weighted by Crippen LogP contribution is -2.38. The molecule has 1 aromatic rings. The van der Waals surface area contributed by atoms with E-state index in [2.05, 4.69) is 5.32 Å². The molecule has 0 aromatic carbocycles. The highest BCUT2D eigenvalue weighted by Gasteiger charge is 2.27. The van der Waals surface area contributed by atoms with Crippen LogP contribution in [0.3, 0.4) is 0 Å². The highest BCUT2D eigenvalue weighted by Crippen LogP contribution is 2.25. The third-order valence-corrected chi connectivity index (χ3v) is 4.21. The standard InChI is InChI=1S/C13H17NO3S/c1-17-13(16)9-4-6-10(7-5-9)14-12(15)11-3-2-8-18-11/h2-3,8-10H,4-7H2,1H3,(H,14,15). The summed E-state index contributed by atoms with van der Waals surface area (Å²) < 4.78 is 4.74. The molecule has 0 bridgehead atoms. The monoisotopic (exact) mass is 267 g/mol. The van der Waals surface area contributed by atoms with Gasteiger partial charge in [-0.05, 0) is 37.1 Å². The van der Waals surface area contributed by atoms with Crippen molar-refractivity contribution in [1.29, 1.82) is 0 Å². The Balaban J connectivity index is 1.80. The topological polar surface area (TPSA) is 55.4 Å². The molecule has 98 valence electrons. The molecule has 1 aliphatic rings. The van der Waals surface area contributed by atoms with Gasteiger partial charge in [0.2, 0.25) is 0 Å². The van der Waals surface area contributed by atoms with Crippen LogP contribution in [0.1, 0.15) is 35.4 Å². The van der Waals surface area contributed by atoms with Crippen LogP contribution in [0.25, 0.3) is 0 Å². The molecule has 1 N–H and O–H groups in total. The van der Waals surface area contributed by atoms with E-state index in [0.717, 1.165) is 30.6 Å². The molecule has 1 aliphatic carbocycles. The zero-order valence-corrected chi connectivity index (χ0v) is 11.2. The van der Waals surface area contributed by atoms with Crippen molar-refractivity contribution in [3.8, 4) is 0 Å². The molecule has 0 spiro atoms. The number of rotatable bonds is 3. The SMILES string of the molecule is COC(=O)C1CCC(NC(=O)c2cccs2)CC1. The minimum absolute atomic E-state index is 0.00453. The zero-order chi connectivity index (χ0) is 13.0. The van der Waals surface area contributed by atoms with Gasteiger partial charge in [-0.1, -0.05) is 6.07 Å². The summed E-state index contributed by atoms with van der Waals surface area (Å²) in [6.07, 6.45) is 3.28. The number of carbonyl (C=O) groups is 2. The molecule has 4 nitrogen and oxygen atoms in total. The Bertz CT molecular complexity index is 408. The number of amides is 1. The van der Waals surface area contributed by atoms with E-state index >= 15 is 0 Å². The maximum atomic E-state index is 11.9. The minimum Gasteiger partial charge on any atom is -0.469 e. The van der Waals surface area contributed by atoms with E-state index in [-0.39, 0.29) is 23.8 Å². The van der Waals surface area contributed by atoms with Crippen molar-refractivity contribution >= 4 is 23.2 Å². The Morgan fingerprint density at radius 1 is 1.33 bits per heavy atom. The predicted molar refractivity (Wildman–Crippen MR) is 69.5 cm³/mol. The molecule has 1 heterocycles. The smallest absolute Gasteiger partial charge is 0.308 e. The predicted octanol–water partition coefficient (Wildman–Crippen LogP) is 2.21. The van der Waals surface area contributed by atoms with Gasteiger partial charge in [-0.3, -0.25) is 9.59 Å². The highest BCUT2D eigenvalue weighted by atomic mass is 32.1. The number of nitrogens with one attached hydrogen (secondary N) is 1. The number of thiophene rings is 1. The van der Waals surface area contributed by atoms with E-state index in [4.69, 9.17) is 4.74 Å². The number of hydrogen-bond acceptors (Lipinski definition) is 4. The fourth-order valence-electron chi connectivity index (χ4n) is 2.30. The van der Waals surface area contributed by atoms with Crippen LogP contribution >= 0.6 is 11.3 Å². The highest BCUT2D eigenvalue weighted by molar-refractivity contribution is 7.12. The molecule has 1 saturated carbocycles. The maximum Gasteiger partial charge on any atom is 0.308 e. The lowest BCUT2D eigenvalue weighted by molar-refractivity contribution is -0.146. The first kappa shape index (κ1) is 13.1. The maximum absolute atomic E-state index is 11.9. The van der Waals surface area contributed by atoms with E-state index in [1.54, 1.807) is 0 Å². The summed E-state index contributed by atoms with van der Waals surface area (Å²) in [7, 11) is 1.42. The van der Waals surface area contributed by atoms with Gasteiger partial charge in [-0.15, -0.1) is 11.3 Å². The van der Waals surface area contributed by atoms with Crippen molar-refractivity contribution in [2.75, 3.05) is 7.11 Å². The van der Waals surface area contributed by atoms with Crippen LogP contribution in [-0.2, 0) is 9.53 Å². The number of ether oxygens (including phenoxy) is 1. The second-order valence-electron chi connectivity index (χ2n) is 4.52. The Morgan fingerprint density at radius 3 is 2.61 bits per heavy atom. The summed E-state index contributed by atoms with van der Waals surface area (Å²) in [4.78, 5) is 24.0. The molecule has 1 amide bonds. The number of hydrogen-bond donors (Lipinski definition) is 1. The molecule has 0 unspecified atom stereocenters. The fraction of sp³-hybridized carbons (Fsp3) is 0.538. The molecule has 1 aromatic heterocycles. The average molecular weight is 267 g/mol.